The molecule has 0 fully saturated rings. The summed E-state index contributed by atoms with van der Waals surface area (Å²) in [5.41, 5.74) is 0.365. The predicted molar refractivity (Wildman–Crippen MR) is 75.9 cm³/mol. The molecule has 2 N–H and O–H groups in total. The molecule has 0 spiro atoms. The van der Waals surface area contributed by atoms with Crippen molar-refractivity contribution in [2.45, 2.75) is 13.3 Å². The highest BCUT2D eigenvalue weighted by Gasteiger charge is 2.13. The number of nitrogens with one attached hydrogen (secondary N) is 2. The number of pyridine rings is 1. The van der Waals surface area contributed by atoms with Gasteiger partial charge in [-0.2, -0.15) is 0 Å². The third-order valence-electron chi connectivity index (χ3n) is 2.25. The standard InChI is InChI=1S/C11H12ClN5OS/c1-2-3-13-9-4-7(8(12)5-14-9)11(18)16-10-6-15-17-19-10/h4-6H,2-3H2,1H3,(H,13,14)(H,16,18). The SMILES string of the molecule is CCCNc1cc(C(=O)Nc2cnns2)c(Cl)cn1. The molecule has 0 atom stereocenters. The average molecular weight is 298 g/mol. The molecular formula is C11H12ClN5OS. The van der Waals surface area contributed by atoms with Crippen molar-refractivity contribution in [3.63, 3.8) is 0 Å². The van der Waals surface area contributed by atoms with E-state index in [0.29, 0.717) is 21.4 Å². The van der Waals surface area contributed by atoms with Crippen LogP contribution in [0.4, 0.5) is 10.8 Å². The van der Waals surface area contributed by atoms with Gasteiger partial charge in [0, 0.05) is 24.3 Å². The van der Waals surface area contributed by atoms with Gasteiger partial charge in [0.25, 0.3) is 5.91 Å². The first-order valence-electron chi connectivity index (χ1n) is 5.69. The fourth-order valence-electron chi connectivity index (χ4n) is 1.36. The van der Waals surface area contributed by atoms with Gasteiger partial charge < -0.3 is 10.6 Å². The molecule has 0 radical (unpaired) electrons. The Labute approximate surface area is 119 Å². The molecule has 0 aliphatic heterocycles. The van der Waals surface area contributed by atoms with Gasteiger partial charge in [0.15, 0.2) is 0 Å². The molecule has 0 aromatic carbocycles. The van der Waals surface area contributed by atoms with Gasteiger partial charge in [-0.25, -0.2) is 4.98 Å². The number of nitrogens with zero attached hydrogens (tertiary/aromatic N) is 3. The number of aromatic nitrogens is 3. The molecule has 19 heavy (non-hydrogen) atoms. The highest BCUT2D eigenvalue weighted by atomic mass is 35.5. The number of hydrogen-bond acceptors (Lipinski definition) is 6. The molecule has 100 valence electrons. The van der Waals surface area contributed by atoms with Crippen molar-refractivity contribution in [2.24, 2.45) is 0 Å². The maximum Gasteiger partial charge on any atom is 0.258 e. The number of hydrogen-bond donors (Lipinski definition) is 2. The highest BCUT2D eigenvalue weighted by Crippen LogP contribution is 2.20. The third kappa shape index (κ3) is 3.62. The summed E-state index contributed by atoms with van der Waals surface area (Å²) in [5, 5.41) is 10.3. The van der Waals surface area contributed by atoms with Crippen LogP contribution >= 0.6 is 23.1 Å². The van der Waals surface area contributed by atoms with E-state index in [1.165, 1.54) is 12.4 Å². The first kappa shape index (κ1) is 13.7. The summed E-state index contributed by atoms with van der Waals surface area (Å²) < 4.78 is 3.67. The molecule has 2 heterocycles. The van der Waals surface area contributed by atoms with Gasteiger partial charge in [-0.1, -0.05) is 23.0 Å². The Balaban J connectivity index is 2.15. The largest absolute Gasteiger partial charge is 0.370 e. The summed E-state index contributed by atoms with van der Waals surface area (Å²) in [4.78, 5) is 16.2. The van der Waals surface area contributed by atoms with Crippen LogP contribution in [0.3, 0.4) is 0 Å². The van der Waals surface area contributed by atoms with E-state index in [1.807, 2.05) is 6.92 Å². The second kappa shape index (κ2) is 6.44. The predicted octanol–water partition coefficient (Wildman–Crippen LogP) is 2.66. The Morgan fingerprint density at radius 3 is 3.00 bits per heavy atom. The zero-order valence-electron chi connectivity index (χ0n) is 10.2. The van der Waals surface area contributed by atoms with Crippen molar-refractivity contribution in [1.29, 1.82) is 0 Å². The van der Waals surface area contributed by atoms with E-state index >= 15 is 0 Å². The molecule has 6 nitrogen and oxygen atoms in total. The lowest BCUT2D eigenvalue weighted by Gasteiger charge is -2.08. The van der Waals surface area contributed by atoms with E-state index in [1.54, 1.807) is 6.07 Å². The van der Waals surface area contributed by atoms with Crippen LogP contribution in [-0.2, 0) is 0 Å². The van der Waals surface area contributed by atoms with E-state index in [4.69, 9.17) is 11.6 Å². The third-order valence-corrected chi connectivity index (χ3v) is 3.14. The van der Waals surface area contributed by atoms with E-state index in [-0.39, 0.29) is 5.91 Å². The number of amides is 1. The molecule has 0 aliphatic carbocycles. The van der Waals surface area contributed by atoms with Crippen LogP contribution in [0.5, 0.6) is 0 Å². The summed E-state index contributed by atoms with van der Waals surface area (Å²) in [6.07, 6.45) is 3.91. The van der Waals surface area contributed by atoms with Crippen LogP contribution in [0.2, 0.25) is 5.02 Å². The minimum absolute atomic E-state index is 0.303. The Bertz CT molecular complexity index is 560. The van der Waals surface area contributed by atoms with Crippen LogP contribution in [0, 0.1) is 0 Å². The lowest BCUT2D eigenvalue weighted by molar-refractivity contribution is 0.102. The van der Waals surface area contributed by atoms with Crippen LogP contribution in [0.15, 0.2) is 18.5 Å². The maximum atomic E-state index is 12.1. The lowest BCUT2D eigenvalue weighted by atomic mass is 10.2. The number of anilines is 2. The minimum Gasteiger partial charge on any atom is -0.370 e. The molecule has 0 aliphatic rings. The molecule has 1 amide bonds. The van der Waals surface area contributed by atoms with Crippen LogP contribution in [0.25, 0.3) is 0 Å². The van der Waals surface area contributed by atoms with Crippen molar-refractivity contribution in [3.8, 4) is 0 Å². The molecule has 2 rings (SSSR count). The Morgan fingerprint density at radius 2 is 2.32 bits per heavy atom. The summed E-state index contributed by atoms with van der Waals surface area (Å²) in [6, 6.07) is 1.63. The zero-order chi connectivity index (χ0) is 13.7. The van der Waals surface area contributed by atoms with Crippen LogP contribution in [-0.4, -0.2) is 27.0 Å². The van der Waals surface area contributed by atoms with Gasteiger partial charge in [-0.15, -0.1) is 5.10 Å². The van der Waals surface area contributed by atoms with E-state index < -0.39 is 0 Å². The summed E-state index contributed by atoms with van der Waals surface area (Å²) in [7, 11) is 0. The van der Waals surface area contributed by atoms with Crippen LogP contribution in [0.1, 0.15) is 23.7 Å². The first-order chi connectivity index (χ1) is 9.20. The van der Waals surface area contributed by atoms with Gasteiger partial charge >= 0.3 is 0 Å². The molecular weight excluding hydrogens is 286 g/mol. The molecule has 2 aromatic rings. The molecule has 0 saturated heterocycles. The van der Waals surface area contributed by atoms with Gasteiger partial charge in [-0.3, -0.25) is 4.79 Å². The van der Waals surface area contributed by atoms with Crippen molar-refractivity contribution in [2.75, 3.05) is 17.2 Å². The molecule has 8 heteroatoms. The monoisotopic (exact) mass is 297 g/mol. The van der Waals surface area contributed by atoms with Gasteiger partial charge in [0.05, 0.1) is 16.8 Å². The van der Waals surface area contributed by atoms with Crippen molar-refractivity contribution in [3.05, 3.63) is 29.0 Å². The number of halogens is 1. The van der Waals surface area contributed by atoms with Crippen molar-refractivity contribution < 1.29 is 4.79 Å². The molecule has 2 aromatic heterocycles. The molecule has 0 unspecified atom stereocenters. The zero-order valence-corrected chi connectivity index (χ0v) is 11.8. The average Bonchev–Trinajstić information content (AvgIpc) is 2.90. The van der Waals surface area contributed by atoms with Crippen LogP contribution < -0.4 is 10.6 Å². The number of rotatable bonds is 5. The molecule has 0 bridgehead atoms. The second-order valence-electron chi connectivity index (χ2n) is 3.71. The summed E-state index contributed by atoms with van der Waals surface area (Å²) in [6.45, 7) is 2.84. The van der Waals surface area contributed by atoms with E-state index in [9.17, 15) is 4.79 Å². The second-order valence-corrected chi connectivity index (χ2v) is 4.90. The quantitative estimate of drug-likeness (QED) is 0.887. The van der Waals surface area contributed by atoms with Crippen molar-refractivity contribution >= 4 is 39.9 Å². The Hall–Kier alpha value is -1.73. The first-order valence-corrected chi connectivity index (χ1v) is 6.84. The minimum atomic E-state index is -0.307. The highest BCUT2D eigenvalue weighted by molar-refractivity contribution is 7.10. The fourth-order valence-corrected chi connectivity index (χ4v) is 1.97. The van der Waals surface area contributed by atoms with E-state index in [2.05, 4.69) is 25.2 Å². The Morgan fingerprint density at radius 1 is 1.47 bits per heavy atom. The fraction of sp³-hybridized carbons (Fsp3) is 0.273. The molecule has 0 saturated carbocycles. The van der Waals surface area contributed by atoms with E-state index in [0.717, 1.165) is 24.5 Å². The summed E-state index contributed by atoms with van der Waals surface area (Å²) in [5.74, 6) is 0.317. The van der Waals surface area contributed by atoms with Gasteiger partial charge in [-0.05, 0) is 12.5 Å². The summed E-state index contributed by atoms with van der Waals surface area (Å²) >= 11 is 7.09. The Kier molecular flexibility index (Phi) is 4.64. The van der Waals surface area contributed by atoms with Crippen molar-refractivity contribution in [1.82, 2.24) is 14.6 Å². The maximum absolute atomic E-state index is 12.1. The number of carbonyl (C=O) groups excluding carboxylic acids is 1. The number of carbonyl (C=O) groups is 1. The lowest BCUT2D eigenvalue weighted by Crippen LogP contribution is -2.13. The van der Waals surface area contributed by atoms with Gasteiger partial charge in [0.2, 0.25) is 0 Å². The van der Waals surface area contributed by atoms with Gasteiger partial charge in [0.1, 0.15) is 10.8 Å². The topological polar surface area (TPSA) is 79.8 Å². The smallest absolute Gasteiger partial charge is 0.258 e. The normalized spacial score (nSPS) is 10.2.